The van der Waals surface area contributed by atoms with E-state index in [1.54, 1.807) is 7.05 Å². The van der Waals surface area contributed by atoms with Crippen molar-refractivity contribution in [2.45, 2.75) is 18.4 Å². The maximum absolute atomic E-state index is 13.1. The number of nitro groups is 1. The van der Waals surface area contributed by atoms with Crippen molar-refractivity contribution in [1.82, 2.24) is 5.32 Å². The third-order valence-corrected chi connectivity index (χ3v) is 3.73. The summed E-state index contributed by atoms with van der Waals surface area (Å²) >= 11 is 0. The van der Waals surface area contributed by atoms with Gasteiger partial charge in [0.2, 0.25) is 5.91 Å². The zero-order chi connectivity index (χ0) is 15.6. The minimum Gasteiger partial charge on any atom is -0.484 e. The van der Waals surface area contributed by atoms with Gasteiger partial charge in [0, 0.05) is 0 Å². The molecule has 1 aromatic carbocycles. The van der Waals surface area contributed by atoms with E-state index in [2.05, 4.69) is 5.32 Å². The lowest BCUT2D eigenvalue weighted by Gasteiger charge is -2.30. The summed E-state index contributed by atoms with van der Waals surface area (Å²) < 4.78 is 18.5. The van der Waals surface area contributed by atoms with Crippen LogP contribution in [0.15, 0.2) is 18.2 Å². The van der Waals surface area contributed by atoms with Gasteiger partial charge in [-0.1, -0.05) is 0 Å². The van der Waals surface area contributed by atoms with E-state index >= 15 is 0 Å². The predicted octanol–water partition coefficient (Wildman–Crippen LogP) is 0.966. The van der Waals surface area contributed by atoms with E-state index in [-0.39, 0.29) is 18.3 Å². The summed E-state index contributed by atoms with van der Waals surface area (Å²) in [5.74, 6) is -1.36. The number of primary amides is 1. The van der Waals surface area contributed by atoms with Crippen molar-refractivity contribution in [2.24, 2.45) is 11.7 Å². The Kier molecular flexibility index (Phi) is 4.08. The molecule has 0 aliphatic heterocycles. The van der Waals surface area contributed by atoms with E-state index < -0.39 is 27.9 Å². The number of amides is 1. The maximum Gasteiger partial charge on any atom is 0.313 e. The summed E-state index contributed by atoms with van der Waals surface area (Å²) in [6, 6.07) is 3.00. The van der Waals surface area contributed by atoms with Crippen molar-refractivity contribution in [3.63, 3.8) is 0 Å². The van der Waals surface area contributed by atoms with E-state index in [4.69, 9.17) is 10.5 Å². The first kappa shape index (κ1) is 15.2. The van der Waals surface area contributed by atoms with Crippen molar-refractivity contribution in [3.05, 3.63) is 34.1 Å². The fraction of sp³-hybridized carbons (Fsp3) is 0.462. The fourth-order valence-electron chi connectivity index (χ4n) is 2.31. The normalized spacial score (nSPS) is 17.0. The smallest absolute Gasteiger partial charge is 0.313 e. The summed E-state index contributed by atoms with van der Waals surface area (Å²) in [5, 5.41) is 13.8. The van der Waals surface area contributed by atoms with Crippen LogP contribution in [-0.4, -0.2) is 30.0 Å². The molecule has 0 bridgehead atoms. The van der Waals surface area contributed by atoms with Crippen LogP contribution in [0.3, 0.4) is 0 Å². The number of ether oxygens (including phenoxy) is 1. The van der Waals surface area contributed by atoms with E-state index in [9.17, 15) is 19.3 Å². The number of nitrogens with zero attached hydrogens (tertiary/aromatic N) is 1. The van der Waals surface area contributed by atoms with Crippen molar-refractivity contribution < 1.29 is 18.8 Å². The molecular formula is C13H16FN3O4. The Bertz CT molecular complexity index is 577. The Hall–Kier alpha value is -2.22. The zero-order valence-corrected chi connectivity index (χ0v) is 11.5. The Balaban J connectivity index is 2.22. The first-order valence-electron chi connectivity index (χ1n) is 6.46. The molecule has 0 saturated heterocycles. The number of hydrogen-bond acceptors (Lipinski definition) is 5. The highest BCUT2D eigenvalue weighted by Gasteiger charge is 2.49. The highest BCUT2D eigenvalue weighted by atomic mass is 19.1. The van der Waals surface area contributed by atoms with Gasteiger partial charge in [-0.3, -0.25) is 14.9 Å². The van der Waals surface area contributed by atoms with Crippen LogP contribution >= 0.6 is 0 Å². The quantitative estimate of drug-likeness (QED) is 0.576. The van der Waals surface area contributed by atoms with E-state index in [0.717, 1.165) is 25.0 Å². The summed E-state index contributed by atoms with van der Waals surface area (Å²) in [6.45, 7) is -0.143. The van der Waals surface area contributed by atoms with Gasteiger partial charge >= 0.3 is 5.69 Å². The van der Waals surface area contributed by atoms with Gasteiger partial charge in [-0.15, -0.1) is 0 Å². The number of halogens is 1. The Morgan fingerprint density at radius 3 is 2.76 bits per heavy atom. The van der Waals surface area contributed by atoms with Gasteiger partial charge in [0.05, 0.1) is 11.0 Å². The maximum atomic E-state index is 13.1. The molecule has 114 valence electrons. The average molecular weight is 297 g/mol. The second-order valence-corrected chi connectivity index (χ2v) is 5.02. The van der Waals surface area contributed by atoms with E-state index in [1.807, 2.05) is 0 Å². The molecule has 1 aromatic rings. The van der Waals surface area contributed by atoms with Crippen LogP contribution in [0.4, 0.5) is 10.1 Å². The van der Waals surface area contributed by atoms with Crippen LogP contribution in [0.5, 0.6) is 5.75 Å². The molecule has 1 aliphatic carbocycles. The Labute approximate surface area is 120 Å². The second kappa shape index (κ2) is 5.65. The van der Waals surface area contributed by atoms with Gasteiger partial charge in [-0.05, 0) is 37.9 Å². The molecule has 7 nitrogen and oxygen atoms in total. The molecular weight excluding hydrogens is 281 g/mol. The first-order chi connectivity index (χ1) is 9.90. The van der Waals surface area contributed by atoms with Gasteiger partial charge in [0.1, 0.15) is 18.0 Å². The van der Waals surface area contributed by atoms with Crippen molar-refractivity contribution in [3.8, 4) is 5.75 Å². The van der Waals surface area contributed by atoms with Gasteiger partial charge in [-0.2, -0.15) is 0 Å². The highest BCUT2D eigenvalue weighted by Crippen LogP contribution is 2.40. The number of carbonyl (C=O) groups excluding carboxylic acids is 1. The molecule has 1 unspecified atom stereocenters. The first-order valence-corrected chi connectivity index (χ1v) is 6.46. The lowest BCUT2D eigenvalue weighted by molar-refractivity contribution is -0.386. The van der Waals surface area contributed by atoms with E-state index in [0.29, 0.717) is 0 Å². The molecule has 3 N–H and O–H groups in total. The van der Waals surface area contributed by atoms with Crippen molar-refractivity contribution in [2.75, 3.05) is 13.7 Å². The number of likely N-dealkylation sites (N-methyl/N-ethyl adjacent to an activating group) is 1. The standard InChI is InChI=1S/C13H16FN3O4/c1-16-13(12(15)18,8-2-3-8)7-21-11-5-4-9(14)6-10(11)17(19)20/h4-6,8,16H,2-3,7H2,1H3,(H2,15,18). The Morgan fingerprint density at radius 2 is 2.29 bits per heavy atom. The van der Waals surface area contributed by atoms with Crippen LogP contribution < -0.4 is 15.8 Å². The Morgan fingerprint density at radius 1 is 1.62 bits per heavy atom. The van der Waals surface area contributed by atoms with Crippen molar-refractivity contribution in [1.29, 1.82) is 0 Å². The molecule has 8 heteroatoms. The number of benzene rings is 1. The monoisotopic (exact) mass is 297 g/mol. The van der Waals surface area contributed by atoms with Crippen LogP contribution in [0.25, 0.3) is 0 Å². The lowest BCUT2D eigenvalue weighted by Crippen LogP contribution is -2.59. The topological polar surface area (TPSA) is 107 Å². The molecule has 1 aliphatic rings. The number of hydrogen-bond donors (Lipinski definition) is 2. The molecule has 0 radical (unpaired) electrons. The number of nitrogens with two attached hydrogens (primary N) is 1. The third-order valence-electron chi connectivity index (χ3n) is 3.73. The molecule has 1 fully saturated rings. The SMILES string of the molecule is CNC(COc1ccc(F)cc1[N+](=O)[O-])(C(N)=O)C1CC1. The van der Waals surface area contributed by atoms with Gasteiger partial charge < -0.3 is 15.8 Å². The van der Waals surface area contributed by atoms with Crippen molar-refractivity contribution >= 4 is 11.6 Å². The van der Waals surface area contributed by atoms with Crippen LogP contribution in [0.2, 0.25) is 0 Å². The molecule has 0 aromatic heterocycles. The van der Waals surface area contributed by atoms with Crippen LogP contribution in [0.1, 0.15) is 12.8 Å². The minimum atomic E-state index is -1.07. The number of rotatable bonds is 7. The molecule has 2 rings (SSSR count). The molecule has 1 amide bonds. The second-order valence-electron chi connectivity index (χ2n) is 5.02. The summed E-state index contributed by atoms with van der Waals surface area (Å²) in [6.07, 6.45) is 1.66. The summed E-state index contributed by atoms with van der Waals surface area (Å²) in [5.41, 5.74) is 3.88. The largest absolute Gasteiger partial charge is 0.484 e. The lowest BCUT2D eigenvalue weighted by atomic mass is 9.93. The molecule has 21 heavy (non-hydrogen) atoms. The van der Waals surface area contributed by atoms with Crippen LogP contribution in [-0.2, 0) is 4.79 Å². The summed E-state index contributed by atoms with van der Waals surface area (Å²) in [7, 11) is 1.59. The van der Waals surface area contributed by atoms with Gasteiger partial charge in [0.25, 0.3) is 0 Å². The fourth-order valence-corrected chi connectivity index (χ4v) is 2.31. The number of nitrogens with one attached hydrogen (secondary N) is 1. The zero-order valence-electron chi connectivity index (χ0n) is 11.5. The molecule has 0 spiro atoms. The average Bonchev–Trinajstić information content (AvgIpc) is 3.25. The van der Waals surface area contributed by atoms with Gasteiger partial charge in [-0.25, -0.2) is 4.39 Å². The van der Waals surface area contributed by atoms with Gasteiger partial charge in [0.15, 0.2) is 5.75 Å². The molecule has 1 saturated carbocycles. The van der Waals surface area contributed by atoms with E-state index in [1.165, 1.54) is 6.07 Å². The molecule has 0 heterocycles. The molecule has 1 atom stereocenters. The number of nitro benzene ring substituents is 1. The predicted molar refractivity (Wildman–Crippen MR) is 72.3 cm³/mol. The third kappa shape index (κ3) is 2.94. The minimum absolute atomic E-state index is 0.0412. The van der Waals surface area contributed by atoms with Crippen LogP contribution in [0, 0.1) is 21.8 Å². The summed E-state index contributed by atoms with van der Waals surface area (Å²) in [4.78, 5) is 21.9. The number of carbonyl (C=O) groups is 1. The highest BCUT2D eigenvalue weighted by molar-refractivity contribution is 5.85.